The van der Waals surface area contributed by atoms with Gasteiger partial charge < -0.3 is 15.7 Å². The van der Waals surface area contributed by atoms with E-state index < -0.39 is 17.9 Å². The van der Waals surface area contributed by atoms with Crippen molar-refractivity contribution in [2.75, 3.05) is 0 Å². The van der Waals surface area contributed by atoms with Crippen LogP contribution in [0.4, 0.5) is 0 Å². The zero-order valence-electron chi connectivity index (χ0n) is 12.3. The molecular weight excluding hydrogens is 320 g/mol. The van der Waals surface area contributed by atoms with Gasteiger partial charge in [-0.3, -0.25) is 9.59 Å². The standard InChI is InChI=1S/C15H18N2O3S2/c1-9(2)17-15(20)14(19)16-8-10-5-6-12(22-10)13(18)11-4-3-7-21-11/h3-7,9,13,18H,8H2,1-2H3,(H,16,19)(H,17,20). The molecule has 0 aliphatic carbocycles. The monoisotopic (exact) mass is 338 g/mol. The molecule has 2 amide bonds. The Morgan fingerprint density at radius 3 is 2.59 bits per heavy atom. The molecule has 3 N–H and O–H groups in total. The summed E-state index contributed by atoms with van der Waals surface area (Å²) < 4.78 is 0. The summed E-state index contributed by atoms with van der Waals surface area (Å²) in [6, 6.07) is 7.38. The number of thiophene rings is 2. The van der Waals surface area contributed by atoms with E-state index in [-0.39, 0.29) is 12.6 Å². The van der Waals surface area contributed by atoms with Crippen molar-refractivity contribution < 1.29 is 14.7 Å². The van der Waals surface area contributed by atoms with Gasteiger partial charge in [0.15, 0.2) is 0 Å². The lowest BCUT2D eigenvalue weighted by atomic mass is 10.2. The second kappa shape index (κ2) is 7.53. The molecule has 118 valence electrons. The first-order valence-electron chi connectivity index (χ1n) is 6.86. The lowest BCUT2D eigenvalue weighted by Crippen LogP contribution is -2.42. The van der Waals surface area contributed by atoms with Crippen LogP contribution < -0.4 is 10.6 Å². The predicted molar refractivity (Wildman–Crippen MR) is 87.8 cm³/mol. The molecule has 0 radical (unpaired) electrons. The van der Waals surface area contributed by atoms with Gasteiger partial charge in [0, 0.05) is 20.7 Å². The summed E-state index contributed by atoms with van der Waals surface area (Å²) in [6.07, 6.45) is -0.640. The number of rotatable bonds is 5. The van der Waals surface area contributed by atoms with Crippen molar-refractivity contribution in [3.05, 3.63) is 44.3 Å². The van der Waals surface area contributed by atoms with Gasteiger partial charge in [0.05, 0.1) is 6.54 Å². The van der Waals surface area contributed by atoms with Crippen LogP contribution in [0.3, 0.4) is 0 Å². The maximum absolute atomic E-state index is 11.6. The number of aliphatic hydroxyl groups excluding tert-OH is 1. The van der Waals surface area contributed by atoms with Crippen molar-refractivity contribution in [1.82, 2.24) is 10.6 Å². The van der Waals surface area contributed by atoms with E-state index in [0.717, 1.165) is 14.6 Å². The summed E-state index contributed by atoms with van der Waals surface area (Å²) in [5.41, 5.74) is 0. The molecule has 0 aromatic carbocycles. The fourth-order valence-electron chi connectivity index (χ4n) is 1.80. The number of carbonyl (C=O) groups is 2. The minimum Gasteiger partial charge on any atom is -0.382 e. The molecule has 2 rings (SSSR count). The fraction of sp³-hybridized carbons (Fsp3) is 0.333. The topological polar surface area (TPSA) is 78.4 Å². The van der Waals surface area contributed by atoms with E-state index in [1.807, 2.05) is 29.6 Å². The minimum atomic E-state index is -0.651. The second-order valence-electron chi connectivity index (χ2n) is 5.03. The molecule has 22 heavy (non-hydrogen) atoms. The van der Waals surface area contributed by atoms with E-state index >= 15 is 0 Å². The number of hydrogen-bond donors (Lipinski definition) is 3. The summed E-state index contributed by atoms with van der Waals surface area (Å²) in [5, 5.41) is 17.3. The van der Waals surface area contributed by atoms with Crippen LogP contribution in [0.15, 0.2) is 29.6 Å². The number of carbonyl (C=O) groups excluding carboxylic acids is 2. The molecule has 0 fully saturated rings. The smallest absolute Gasteiger partial charge is 0.309 e. The average Bonchev–Trinajstić information content (AvgIpc) is 3.14. The minimum absolute atomic E-state index is 0.0764. The Hall–Kier alpha value is -1.70. The van der Waals surface area contributed by atoms with Crippen molar-refractivity contribution in [2.24, 2.45) is 0 Å². The van der Waals surface area contributed by atoms with E-state index in [2.05, 4.69) is 10.6 Å². The van der Waals surface area contributed by atoms with Crippen LogP contribution in [0.25, 0.3) is 0 Å². The predicted octanol–water partition coefficient (Wildman–Crippen LogP) is 2.03. The Bertz CT molecular complexity index is 635. The highest BCUT2D eigenvalue weighted by atomic mass is 32.1. The highest BCUT2D eigenvalue weighted by molar-refractivity contribution is 7.12. The Morgan fingerprint density at radius 2 is 1.95 bits per heavy atom. The van der Waals surface area contributed by atoms with Gasteiger partial charge in [0.2, 0.25) is 0 Å². The zero-order chi connectivity index (χ0) is 16.1. The first kappa shape index (κ1) is 16.7. The molecule has 0 aliphatic rings. The van der Waals surface area contributed by atoms with Gasteiger partial charge in [-0.2, -0.15) is 0 Å². The maximum atomic E-state index is 11.6. The van der Waals surface area contributed by atoms with Crippen LogP contribution in [0.2, 0.25) is 0 Å². The molecule has 2 heterocycles. The summed E-state index contributed by atoms with van der Waals surface area (Å²) in [7, 11) is 0. The number of aliphatic hydroxyl groups is 1. The van der Waals surface area contributed by atoms with Gasteiger partial charge in [-0.1, -0.05) is 6.07 Å². The molecule has 2 aromatic heterocycles. The van der Waals surface area contributed by atoms with Crippen LogP contribution in [-0.4, -0.2) is 23.0 Å². The summed E-state index contributed by atoms with van der Waals surface area (Å²) in [6.45, 7) is 3.86. The van der Waals surface area contributed by atoms with Crippen LogP contribution in [-0.2, 0) is 16.1 Å². The van der Waals surface area contributed by atoms with Gasteiger partial charge in [-0.05, 0) is 37.4 Å². The van der Waals surface area contributed by atoms with Crippen molar-refractivity contribution >= 4 is 34.5 Å². The van der Waals surface area contributed by atoms with Gasteiger partial charge in [-0.25, -0.2) is 0 Å². The number of nitrogens with one attached hydrogen (secondary N) is 2. The van der Waals surface area contributed by atoms with Crippen LogP contribution in [0.5, 0.6) is 0 Å². The third kappa shape index (κ3) is 4.40. The van der Waals surface area contributed by atoms with Crippen LogP contribution in [0, 0.1) is 0 Å². The Morgan fingerprint density at radius 1 is 1.18 bits per heavy atom. The maximum Gasteiger partial charge on any atom is 0.309 e. The van der Waals surface area contributed by atoms with Crippen LogP contribution in [0.1, 0.15) is 34.6 Å². The SMILES string of the molecule is CC(C)NC(=O)C(=O)NCc1ccc(C(O)c2cccs2)s1. The summed E-state index contributed by atoms with van der Waals surface area (Å²) in [4.78, 5) is 25.7. The van der Waals surface area contributed by atoms with E-state index in [0.29, 0.717) is 0 Å². The third-order valence-corrected chi connectivity index (χ3v) is 4.88. The lowest BCUT2D eigenvalue weighted by molar-refractivity contribution is -0.139. The van der Waals surface area contributed by atoms with Crippen molar-refractivity contribution in [2.45, 2.75) is 32.5 Å². The fourth-order valence-corrected chi connectivity index (χ4v) is 3.56. The highest BCUT2D eigenvalue weighted by Gasteiger charge is 2.16. The van der Waals surface area contributed by atoms with E-state index in [1.165, 1.54) is 22.7 Å². The number of hydrogen-bond acceptors (Lipinski definition) is 5. The van der Waals surface area contributed by atoms with E-state index in [9.17, 15) is 14.7 Å². The zero-order valence-corrected chi connectivity index (χ0v) is 14.0. The summed E-state index contributed by atoms with van der Waals surface area (Å²) in [5.74, 6) is -1.28. The van der Waals surface area contributed by atoms with E-state index in [1.54, 1.807) is 13.8 Å². The lowest BCUT2D eigenvalue weighted by Gasteiger charge is -2.08. The van der Waals surface area contributed by atoms with Gasteiger partial charge >= 0.3 is 11.8 Å². The first-order chi connectivity index (χ1) is 10.5. The Labute approximate surface area is 137 Å². The van der Waals surface area contributed by atoms with Gasteiger partial charge in [-0.15, -0.1) is 22.7 Å². The molecule has 0 saturated carbocycles. The molecule has 5 nitrogen and oxygen atoms in total. The summed E-state index contributed by atoms with van der Waals surface area (Å²) >= 11 is 2.91. The Balaban J connectivity index is 1.90. The van der Waals surface area contributed by atoms with Gasteiger partial charge in [0.1, 0.15) is 6.10 Å². The Kier molecular flexibility index (Phi) is 5.70. The largest absolute Gasteiger partial charge is 0.382 e. The number of amides is 2. The van der Waals surface area contributed by atoms with Crippen molar-refractivity contribution in [3.8, 4) is 0 Å². The average molecular weight is 338 g/mol. The third-order valence-electron chi connectivity index (χ3n) is 2.81. The van der Waals surface area contributed by atoms with Gasteiger partial charge in [0.25, 0.3) is 0 Å². The molecule has 0 saturated heterocycles. The first-order valence-corrected chi connectivity index (χ1v) is 8.55. The molecule has 0 aliphatic heterocycles. The molecule has 0 spiro atoms. The molecular formula is C15H18N2O3S2. The molecule has 0 bridgehead atoms. The second-order valence-corrected chi connectivity index (χ2v) is 7.21. The van der Waals surface area contributed by atoms with E-state index in [4.69, 9.17) is 0 Å². The molecule has 1 atom stereocenters. The molecule has 1 unspecified atom stereocenters. The normalized spacial score (nSPS) is 12.2. The van der Waals surface area contributed by atoms with Crippen LogP contribution >= 0.6 is 22.7 Å². The molecule has 2 aromatic rings. The quantitative estimate of drug-likeness (QED) is 0.730. The van der Waals surface area contributed by atoms with Crippen molar-refractivity contribution in [1.29, 1.82) is 0 Å². The highest BCUT2D eigenvalue weighted by Crippen LogP contribution is 2.30. The molecule has 7 heteroatoms. The van der Waals surface area contributed by atoms with Crippen molar-refractivity contribution in [3.63, 3.8) is 0 Å².